The average Bonchev–Trinajstić information content (AvgIpc) is 3.01. The molecule has 0 spiro atoms. The number of carbonyl (C=O) groups excluding carboxylic acids is 1. The summed E-state index contributed by atoms with van der Waals surface area (Å²) in [7, 11) is 1.33. The van der Waals surface area contributed by atoms with Gasteiger partial charge in [0.25, 0.3) is 5.91 Å². The normalized spacial score (nSPS) is 12.1. The van der Waals surface area contributed by atoms with E-state index in [1.807, 2.05) is 13.8 Å². The zero-order chi connectivity index (χ0) is 17.7. The van der Waals surface area contributed by atoms with Gasteiger partial charge in [-0.2, -0.15) is 13.9 Å². The molecule has 0 aliphatic carbocycles. The number of benzene rings is 1. The molecule has 0 aliphatic rings. The summed E-state index contributed by atoms with van der Waals surface area (Å²) < 4.78 is 36.0. The van der Waals surface area contributed by atoms with E-state index < -0.39 is 12.5 Å². The molecule has 1 amide bonds. The second-order valence-corrected chi connectivity index (χ2v) is 5.12. The predicted molar refractivity (Wildman–Crippen MR) is 84.8 cm³/mol. The van der Waals surface area contributed by atoms with Gasteiger partial charge in [0.2, 0.25) is 0 Å². The molecule has 2 aromatic rings. The van der Waals surface area contributed by atoms with Crippen molar-refractivity contribution in [2.45, 2.75) is 32.9 Å². The number of nitrogens with one attached hydrogen (secondary N) is 1. The lowest BCUT2D eigenvalue weighted by molar-refractivity contribution is -0.0512. The fourth-order valence-corrected chi connectivity index (χ4v) is 2.13. The van der Waals surface area contributed by atoms with Crippen LogP contribution in [0.2, 0.25) is 0 Å². The lowest BCUT2D eigenvalue weighted by Gasteiger charge is -2.15. The summed E-state index contributed by atoms with van der Waals surface area (Å²) in [4.78, 5) is 12.4. The van der Waals surface area contributed by atoms with E-state index in [0.717, 1.165) is 6.42 Å². The van der Waals surface area contributed by atoms with Gasteiger partial charge < -0.3 is 14.8 Å². The zero-order valence-corrected chi connectivity index (χ0v) is 13.6. The lowest BCUT2D eigenvalue weighted by atomic mass is 10.2. The first kappa shape index (κ1) is 17.7. The Kier molecular flexibility index (Phi) is 5.73. The molecule has 6 nitrogen and oxygen atoms in total. The fraction of sp³-hybridized carbons (Fsp3) is 0.375. The Labute approximate surface area is 138 Å². The minimum Gasteiger partial charge on any atom is -0.493 e. The van der Waals surface area contributed by atoms with Gasteiger partial charge in [-0.1, -0.05) is 6.92 Å². The Morgan fingerprint density at radius 3 is 2.71 bits per heavy atom. The number of amides is 1. The van der Waals surface area contributed by atoms with Gasteiger partial charge in [-0.05, 0) is 31.5 Å². The van der Waals surface area contributed by atoms with Crippen LogP contribution in [0.3, 0.4) is 0 Å². The van der Waals surface area contributed by atoms with Crippen LogP contribution in [0, 0.1) is 0 Å². The van der Waals surface area contributed by atoms with Gasteiger partial charge in [0.15, 0.2) is 11.5 Å². The molecule has 1 aromatic carbocycles. The monoisotopic (exact) mass is 339 g/mol. The molecular weight excluding hydrogens is 320 g/mol. The number of halogens is 2. The van der Waals surface area contributed by atoms with Crippen molar-refractivity contribution >= 4 is 11.7 Å². The molecule has 24 heavy (non-hydrogen) atoms. The van der Waals surface area contributed by atoms with E-state index in [4.69, 9.17) is 4.74 Å². The summed E-state index contributed by atoms with van der Waals surface area (Å²) in [6.07, 6.45) is 2.43. The smallest absolute Gasteiger partial charge is 0.387 e. The maximum Gasteiger partial charge on any atom is 0.387 e. The van der Waals surface area contributed by atoms with Gasteiger partial charge in [-0.3, -0.25) is 4.79 Å². The maximum absolute atomic E-state index is 12.5. The molecule has 0 fully saturated rings. The second kappa shape index (κ2) is 7.76. The molecule has 1 heterocycles. The molecule has 0 saturated heterocycles. The number of hydrogen-bond acceptors (Lipinski definition) is 4. The van der Waals surface area contributed by atoms with Crippen molar-refractivity contribution in [1.82, 2.24) is 9.78 Å². The third-order valence-corrected chi connectivity index (χ3v) is 3.56. The van der Waals surface area contributed by atoms with Gasteiger partial charge in [0.05, 0.1) is 19.3 Å². The van der Waals surface area contributed by atoms with E-state index in [0.29, 0.717) is 5.82 Å². The summed E-state index contributed by atoms with van der Waals surface area (Å²) in [5.74, 6) is -0.00426. The van der Waals surface area contributed by atoms with Crippen molar-refractivity contribution in [2.75, 3.05) is 12.4 Å². The van der Waals surface area contributed by atoms with Crippen LogP contribution in [0.15, 0.2) is 30.5 Å². The van der Waals surface area contributed by atoms with E-state index in [1.54, 1.807) is 16.9 Å². The highest BCUT2D eigenvalue weighted by Crippen LogP contribution is 2.30. The van der Waals surface area contributed by atoms with Crippen LogP contribution in [0.25, 0.3) is 0 Å². The standard InChI is InChI=1S/C16H19F2N3O3/c1-4-10(2)21-14(7-8-19-21)20-15(22)11-5-6-12(23-3)13(9-11)24-16(17)18/h5-10,16H,4H2,1-3H3,(H,20,22)/t10-/m1/s1. The van der Waals surface area contributed by atoms with Gasteiger partial charge >= 0.3 is 6.61 Å². The average molecular weight is 339 g/mol. The quantitative estimate of drug-likeness (QED) is 0.835. The first-order valence-corrected chi connectivity index (χ1v) is 7.44. The van der Waals surface area contributed by atoms with Crippen molar-refractivity contribution in [3.05, 3.63) is 36.0 Å². The van der Waals surface area contributed by atoms with E-state index in [-0.39, 0.29) is 23.1 Å². The van der Waals surface area contributed by atoms with Crippen molar-refractivity contribution in [3.63, 3.8) is 0 Å². The van der Waals surface area contributed by atoms with Gasteiger partial charge in [-0.15, -0.1) is 0 Å². The molecule has 130 valence electrons. The Balaban J connectivity index is 2.22. The number of nitrogens with zero attached hydrogens (tertiary/aromatic N) is 2. The first-order chi connectivity index (χ1) is 11.5. The molecule has 0 saturated carbocycles. The number of rotatable bonds is 7. The first-order valence-electron chi connectivity index (χ1n) is 7.44. The Hall–Kier alpha value is -2.64. The number of hydrogen-bond donors (Lipinski definition) is 1. The van der Waals surface area contributed by atoms with Crippen molar-refractivity contribution in [2.24, 2.45) is 0 Å². The Morgan fingerprint density at radius 1 is 1.33 bits per heavy atom. The van der Waals surface area contributed by atoms with Crippen molar-refractivity contribution in [3.8, 4) is 11.5 Å². The Morgan fingerprint density at radius 2 is 2.08 bits per heavy atom. The number of alkyl halides is 2. The predicted octanol–water partition coefficient (Wildman–Crippen LogP) is 3.72. The van der Waals surface area contributed by atoms with E-state index in [9.17, 15) is 13.6 Å². The van der Waals surface area contributed by atoms with Crippen LogP contribution in [0.5, 0.6) is 11.5 Å². The molecule has 0 bridgehead atoms. The van der Waals surface area contributed by atoms with E-state index in [1.165, 1.54) is 25.3 Å². The van der Waals surface area contributed by atoms with Crippen molar-refractivity contribution in [1.29, 1.82) is 0 Å². The lowest BCUT2D eigenvalue weighted by Crippen LogP contribution is -2.17. The van der Waals surface area contributed by atoms with Crippen LogP contribution in [-0.2, 0) is 0 Å². The maximum atomic E-state index is 12.5. The number of carbonyl (C=O) groups is 1. The molecular formula is C16H19F2N3O3. The molecule has 1 N–H and O–H groups in total. The van der Waals surface area contributed by atoms with Crippen molar-refractivity contribution < 1.29 is 23.0 Å². The van der Waals surface area contributed by atoms with E-state index >= 15 is 0 Å². The molecule has 1 atom stereocenters. The van der Waals surface area contributed by atoms with Crippen LogP contribution in [0.1, 0.15) is 36.7 Å². The number of methoxy groups -OCH3 is 1. The number of anilines is 1. The SMILES string of the molecule is CC[C@@H](C)n1nccc1NC(=O)c1ccc(OC)c(OC(F)F)c1. The van der Waals surface area contributed by atoms with E-state index in [2.05, 4.69) is 15.2 Å². The third-order valence-electron chi connectivity index (χ3n) is 3.56. The van der Waals surface area contributed by atoms with Gasteiger partial charge in [-0.25, -0.2) is 4.68 Å². The second-order valence-electron chi connectivity index (χ2n) is 5.12. The highest BCUT2D eigenvalue weighted by Gasteiger charge is 2.16. The highest BCUT2D eigenvalue weighted by molar-refractivity contribution is 6.04. The van der Waals surface area contributed by atoms with Gasteiger partial charge in [0.1, 0.15) is 5.82 Å². The minimum atomic E-state index is -3.01. The molecule has 2 rings (SSSR count). The highest BCUT2D eigenvalue weighted by atomic mass is 19.3. The summed E-state index contributed by atoms with van der Waals surface area (Å²) in [5.41, 5.74) is 0.170. The fourth-order valence-electron chi connectivity index (χ4n) is 2.13. The van der Waals surface area contributed by atoms with Crippen LogP contribution < -0.4 is 14.8 Å². The number of aromatic nitrogens is 2. The zero-order valence-electron chi connectivity index (χ0n) is 13.6. The minimum absolute atomic E-state index is 0.115. The summed E-state index contributed by atoms with van der Waals surface area (Å²) in [5, 5.41) is 6.89. The molecule has 0 unspecified atom stereocenters. The summed E-state index contributed by atoms with van der Waals surface area (Å²) in [6.45, 7) is 0.976. The van der Waals surface area contributed by atoms with Gasteiger partial charge in [0, 0.05) is 11.6 Å². The number of ether oxygens (including phenoxy) is 2. The topological polar surface area (TPSA) is 65.4 Å². The Bertz CT molecular complexity index is 704. The summed E-state index contributed by atoms with van der Waals surface area (Å²) in [6, 6.07) is 5.87. The molecule has 0 aliphatic heterocycles. The summed E-state index contributed by atoms with van der Waals surface area (Å²) >= 11 is 0. The van der Waals surface area contributed by atoms with Crippen LogP contribution >= 0.6 is 0 Å². The van der Waals surface area contributed by atoms with Crippen LogP contribution in [-0.4, -0.2) is 29.4 Å². The van der Waals surface area contributed by atoms with Crippen LogP contribution in [0.4, 0.5) is 14.6 Å². The molecule has 8 heteroatoms. The third kappa shape index (κ3) is 4.01. The molecule has 1 aromatic heterocycles. The largest absolute Gasteiger partial charge is 0.493 e. The molecule has 0 radical (unpaired) electrons.